The summed E-state index contributed by atoms with van der Waals surface area (Å²) in [6.07, 6.45) is 2.77. The van der Waals surface area contributed by atoms with Crippen molar-refractivity contribution in [2.75, 3.05) is 11.4 Å². The van der Waals surface area contributed by atoms with Crippen LogP contribution in [0.5, 0.6) is 0 Å². The van der Waals surface area contributed by atoms with Gasteiger partial charge in [0.05, 0.1) is 6.10 Å². The largest absolute Gasteiger partial charge is 0.388 e. The van der Waals surface area contributed by atoms with E-state index in [9.17, 15) is 5.11 Å². The van der Waals surface area contributed by atoms with E-state index in [4.69, 9.17) is 0 Å². The van der Waals surface area contributed by atoms with Crippen molar-refractivity contribution < 1.29 is 5.11 Å². The van der Waals surface area contributed by atoms with Crippen molar-refractivity contribution in [1.82, 2.24) is 0 Å². The first-order valence-electron chi connectivity index (χ1n) is 8.08. The molecule has 1 aromatic rings. The molecule has 2 heteroatoms. The summed E-state index contributed by atoms with van der Waals surface area (Å²) in [6, 6.07) is 9.06. The van der Waals surface area contributed by atoms with Crippen LogP contribution in [-0.2, 0) is 0 Å². The van der Waals surface area contributed by atoms with Gasteiger partial charge in [-0.1, -0.05) is 46.8 Å². The zero-order chi connectivity index (χ0) is 15.1. The van der Waals surface area contributed by atoms with Crippen molar-refractivity contribution in [3.8, 4) is 0 Å². The van der Waals surface area contributed by atoms with Crippen LogP contribution >= 0.6 is 0 Å². The second-order valence-electron chi connectivity index (χ2n) is 6.03. The first-order valence-corrected chi connectivity index (χ1v) is 8.08. The quantitative estimate of drug-likeness (QED) is 0.739. The van der Waals surface area contributed by atoms with Crippen molar-refractivity contribution in [2.45, 2.75) is 66.0 Å². The van der Waals surface area contributed by atoms with Crippen LogP contribution in [0.4, 0.5) is 5.69 Å². The van der Waals surface area contributed by atoms with Crippen molar-refractivity contribution in [1.29, 1.82) is 0 Å². The number of aliphatic hydroxyl groups excluding tert-OH is 1. The topological polar surface area (TPSA) is 23.5 Å². The summed E-state index contributed by atoms with van der Waals surface area (Å²) in [5, 5.41) is 9.89. The normalized spacial score (nSPS) is 13.0. The van der Waals surface area contributed by atoms with Gasteiger partial charge in [0, 0.05) is 18.3 Å². The Morgan fingerprint density at radius 1 is 0.950 bits per heavy atom. The predicted octanol–water partition coefficient (Wildman–Crippen LogP) is 4.78. The van der Waals surface area contributed by atoms with Crippen molar-refractivity contribution in [3.05, 3.63) is 29.8 Å². The third-order valence-corrected chi connectivity index (χ3v) is 3.94. The summed E-state index contributed by atoms with van der Waals surface area (Å²) < 4.78 is 0. The van der Waals surface area contributed by atoms with Crippen molar-refractivity contribution >= 4 is 5.69 Å². The summed E-state index contributed by atoms with van der Waals surface area (Å²) in [5.74, 6) is 0.650. The molecule has 0 fully saturated rings. The minimum absolute atomic E-state index is 0.337. The van der Waals surface area contributed by atoms with Gasteiger partial charge in [-0.05, 0) is 42.9 Å². The first-order chi connectivity index (χ1) is 9.53. The van der Waals surface area contributed by atoms with Gasteiger partial charge in [-0.15, -0.1) is 0 Å². The van der Waals surface area contributed by atoms with Gasteiger partial charge in [-0.2, -0.15) is 0 Å². The maximum Gasteiger partial charge on any atom is 0.0787 e. The van der Waals surface area contributed by atoms with E-state index in [-0.39, 0.29) is 6.10 Å². The molecule has 0 aromatic heterocycles. The summed E-state index contributed by atoms with van der Waals surface area (Å²) in [5.41, 5.74) is 2.30. The van der Waals surface area contributed by atoms with Crippen LogP contribution in [0.1, 0.15) is 65.5 Å². The van der Waals surface area contributed by atoms with Gasteiger partial charge in [0.25, 0.3) is 0 Å². The van der Waals surface area contributed by atoms with Crippen LogP contribution in [-0.4, -0.2) is 17.7 Å². The minimum Gasteiger partial charge on any atom is -0.388 e. The van der Waals surface area contributed by atoms with Gasteiger partial charge >= 0.3 is 0 Å². The molecule has 1 atom stereocenters. The molecule has 0 radical (unpaired) electrons. The second kappa shape index (κ2) is 8.31. The van der Waals surface area contributed by atoms with E-state index in [2.05, 4.69) is 56.9 Å². The molecule has 2 nitrogen and oxygen atoms in total. The third-order valence-electron chi connectivity index (χ3n) is 3.94. The highest BCUT2D eigenvalue weighted by Crippen LogP contribution is 2.25. The lowest BCUT2D eigenvalue weighted by Gasteiger charge is -2.34. The number of anilines is 1. The monoisotopic (exact) mass is 277 g/mol. The summed E-state index contributed by atoms with van der Waals surface area (Å²) in [7, 11) is 0. The Balaban J connectivity index is 2.95. The van der Waals surface area contributed by atoms with Gasteiger partial charge in [-0.3, -0.25) is 0 Å². The number of nitrogens with zero attached hydrogens (tertiary/aromatic N) is 1. The fraction of sp³-hybridized carbons (Fsp3) is 0.667. The Morgan fingerprint density at radius 3 is 1.90 bits per heavy atom. The van der Waals surface area contributed by atoms with E-state index >= 15 is 0 Å². The summed E-state index contributed by atoms with van der Waals surface area (Å²) >= 11 is 0. The Kier molecular flexibility index (Phi) is 7.08. The van der Waals surface area contributed by atoms with E-state index in [1.54, 1.807) is 0 Å². The Hall–Kier alpha value is -1.02. The van der Waals surface area contributed by atoms with Gasteiger partial charge in [0.2, 0.25) is 0 Å². The fourth-order valence-electron chi connectivity index (χ4n) is 2.71. The maximum atomic E-state index is 9.89. The molecule has 0 saturated heterocycles. The molecule has 0 spiro atoms. The summed E-state index contributed by atoms with van der Waals surface area (Å²) in [4.78, 5) is 2.52. The van der Waals surface area contributed by atoms with E-state index in [0.29, 0.717) is 12.0 Å². The average Bonchev–Trinajstić information content (AvgIpc) is 2.46. The second-order valence-corrected chi connectivity index (χ2v) is 6.03. The van der Waals surface area contributed by atoms with Crippen molar-refractivity contribution in [2.24, 2.45) is 5.92 Å². The van der Waals surface area contributed by atoms with Crippen LogP contribution in [0.2, 0.25) is 0 Å². The predicted molar refractivity (Wildman–Crippen MR) is 88.2 cm³/mol. The third kappa shape index (κ3) is 4.52. The number of hydrogen-bond donors (Lipinski definition) is 1. The molecule has 1 rings (SSSR count). The standard InChI is InChI=1S/C18H31NO/c1-6-16(7-2)19(13-14(4)5)17-11-9-15(10-12-17)18(20)8-3/h9-12,14,16,18,20H,6-8,13H2,1-5H3/t18-/m0/s1. The number of benzene rings is 1. The van der Waals surface area contributed by atoms with Crippen LogP contribution in [0.15, 0.2) is 24.3 Å². The molecule has 0 bridgehead atoms. The maximum absolute atomic E-state index is 9.89. The van der Waals surface area contributed by atoms with Gasteiger partial charge < -0.3 is 10.0 Å². The number of hydrogen-bond acceptors (Lipinski definition) is 2. The molecule has 0 unspecified atom stereocenters. The molecule has 0 aliphatic rings. The van der Waals surface area contributed by atoms with Crippen LogP contribution in [0.25, 0.3) is 0 Å². The molecule has 1 aromatic carbocycles. The average molecular weight is 277 g/mol. The van der Waals surface area contributed by atoms with E-state index in [0.717, 1.165) is 18.5 Å². The lowest BCUT2D eigenvalue weighted by molar-refractivity contribution is 0.173. The molecule has 0 saturated carbocycles. The molecule has 0 heterocycles. The highest BCUT2D eigenvalue weighted by Gasteiger charge is 2.17. The highest BCUT2D eigenvalue weighted by atomic mass is 16.3. The lowest BCUT2D eigenvalue weighted by Crippen LogP contribution is -2.37. The minimum atomic E-state index is -0.337. The van der Waals surface area contributed by atoms with E-state index in [1.165, 1.54) is 18.5 Å². The molecule has 0 amide bonds. The van der Waals surface area contributed by atoms with Crippen LogP contribution < -0.4 is 4.90 Å². The highest BCUT2D eigenvalue weighted by molar-refractivity contribution is 5.49. The van der Waals surface area contributed by atoms with Gasteiger partial charge in [0.1, 0.15) is 0 Å². The van der Waals surface area contributed by atoms with Gasteiger partial charge in [0.15, 0.2) is 0 Å². The zero-order valence-electron chi connectivity index (χ0n) is 13.8. The van der Waals surface area contributed by atoms with E-state index in [1.807, 2.05) is 6.92 Å². The molecular weight excluding hydrogens is 246 g/mol. The smallest absolute Gasteiger partial charge is 0.0787 e. The molecule has 20 heavy (non-hydrogen) atoms. The molecule has 114 valence electrons. The molecular formula is C18H31NO. The van der Waals surface area contributed by atoms with Crippen LogP contribution in [0.3, 0.4) is 0 Å². The number of rotatable bonds is 8. The SMILES string of the molecule is CCC(CC)N(CC(C)C)c1ccc([C@@H](O)CC)cc1. The fourth-order valence-corrected chi connectivity index (χ4v) is 2.71. The molecule has 0 aliphatic heterocycles. The Labute approximate surface area is 124 Å². The zero-order valence-corrected chi connectivity index (χ0v) is 13.8. The van der Waals surface area contributed by atoms with Gasteiger partial charge in [-0.25, -0.2) is 0 Å². The Bertz CT molecular complexity index is 368. The molecule has 0 aliphatic carbocycles. The van der Waals surface area contributed by atoms with Crippen molar-refractivity contribution in [3.63, 3.8) is 0 Å². The summed E-state index contributed by atoms with van der Waals surface area (Å²) in [6.45, 7) is 12.2. The molecule has 1 N–H and O–H groups in total. The first kappa shape index (κ1) is 17.0. The number of aliphatic hydroxyl groups is 1. The van der Waals surface area contributed by atoms with Crippen LogP contribution in [0, 0.1) is 5.92 Å². The Morgan fingerprint density at radius 2 is 1.50 bits per heavy atom. The van der Waals surface area contributed by atoms with E-state index < -0.39 is 0 Å². The lowest BCUT2D eigenvalue weighted by atomic mass is 10.0.